The van der Waals surface area contributed by atoms with Crippen LogP contribution < -0.4 is 0 Å². The van der Waals surface area contributed by atoms with Gasteiger partial charge in [-0.2, -0.15) is 0 Å². The van der Waals surface area contributed by atoms with E-state index < -0.39 is 17.4 Å². The minimum absolute atomic E-state index is 0.00537. The topological polar surface area (TPSA) is 65.1 Å². The fourth-order valence-electron chi connectivity index (χ4n) is 4.33. The lowest BCUT2D eigenvalue weighted by Gasteiger charge is -2.23. The maximum atomic E-state index is 12.9. The molecule has 2 bridgehead atoms. The Labute approximate surface area is 135 Å². The van der Waals surface area contributed by atoms with Crippen molar-refractivity contribution < 1.29 is 23.8 Å². The number of fused-ring (bicyclic) bond motifs is 1. The summed E-state index contributed by atoms with van der Waals surface area (Å²) in [6.07, 6.45) is 6.48. The van der Waals surface area contributed by atoms with E-state index in [2.05, 4.69) is 0 Å². The SMILES string of the molecule is CCCOC(=O)[C@@H]1[C@@H]2C=C[C@@]3(CN(C[C@H]4CCCO4)C(=O)[C@H]13)O2. The van der Waals surface area contributed by atoms with Gasteiger partial charge in [0, 0.05) is 13.2 Å². The molecule has 6 nitrogen and oxygen atoms in total. The third kappa shape index (κ3) is 2.31. The Morgan fingerprint density at radius 2 is 2.39 bits per heavy atom. The van der Waals surface area contributed by atoms with Gasteiger partial charge in [0.1, 0.15) is 11.5 Å². The molecule has 0 aromatic carbocycles. The number of nitrogens with zero attached hydrogens (tertiary/aromatic N) is 1. The normalized spacial score (nSPS) is 40.9. The van der Waals surface area contributed by atoms with Crippen molar-refractivity contribution >= 4 is 11.9 Å². The summed E-state index contributed by atoms with van der Waals surface area (Å²) in [5.74, 6) is -1.25. The molecule has 0 N–H and O–H groups in total. The zero-order valence-corrected chi connectivity index (χ0v) is 13.4. The van der Waals surface area contributed by atoms with Crippen LogP contribution in [-0.2, 0) is 23.8 Å². The molecule has 0 saturated carbocycles. The van der Waals surface area contributed by atoms with Crippen LogP contribution in [0.2, 0.25) is 0 Å². The summed E-state index contributed by atoms with van der Waals surface area (Å²) in [5, 5.41) is 0. The molecule has 1 spiro atoms. The van der Waals surface area contributed by atoms with E-state index in [-0.39, 0.29) is 24.1 Å². The second-order valence-corrected chi connectivity index (χ2v) is 6.92. The van der Waals surface area contributed by atoms with Gasteiger partial charge >= 0.3 is 5.97 Å². The minimum Gasteiger partial charge on any atom is -0.465 e. The van der Waals surface area contributed by atoms with Gasteiger partial charge in [0.2, 0.25) is 5.91 Å². The summed E-state index contributed by atoms with van der Waals surface area (Å²) < 4.78 is 17.0. The first-order valence-electron chi connectivity index (χ1n) is 8.59. The molecule has 0 radical (unpaired) electrons. The third-order valence-corrected chi connectivity index (χ3v) is 5.35. The molecular weight excluding hydrogens is 298 g/mol. The molecule has 126 valence electrons. The highest BCUT2D eigenvalue weighted by Gasteiger charge is 2.67. The highest BCUT2D eigenvalue weighted by molar-refractivity contribution is 5.91. The van der Waals surface area contributed by atoms with E-state index in [4.69, 9.17) is 14.2 Å². The van der Waals surface area contributed by atoms with Crippen LogP contribution in [0.1, 0.15) is 26.2 Å². The van der Waals surface area contributed by atoms with Gasteiger partial charge in [-0.25, -0.2) is 0 Å². The van der Waals surface area contributed by atoms with Crippen LogP contribution in [0, 0.1) is 11.8 Å². The standard InChI is InChI=1S/C17H23NO5/c1-2-7-22-16(20)13-12-5-6-17(23-12)10-18(15(19)14(13)17)9-11-4-3-8-21-11/h5-6,11-14H,2-4,7-10H2,1H3/t11-,12+,13-,14+,17+/m1/s1. The van der Waals surface area contributed by atoms with Crippen LogP contribution >= 0.6 is 0 Å². The number of amides is 1. The van der Waals surface area contributed by atoms with Crippen molar-refractivity contribution in [3.8, 4) is 0 Å². The van der Waals surface area contributed by atoms with Crippen molar-refractivity contribution in [2.75, 3.05) is 26.3 Å². The summed E-state index contributed by atoms with van der Waals surface area (Å²) in [5.41, 5.74) is -0.643. The van der Waals surface area contributed by atoms with Crippen molar-refractivity contribution in [2.45, 2.75) is 44.0 Å². The molecule has 3 fully saturated rings. The molecule has 0 aromatic heterocycles. The van der Waals surface area contributed by atoms with Gasteiger partial charge in [-0.1, -0.05) is 19.1 Å². The Hall–Kier alpha value is -1.40. The van der Waals surface area contributed by atoms with Gasteiger partial charge in [0.15, 0.2) is 0 Å². The van der Waals surface area contributed by atoms with Crippen LogP contribution in [-0.4, -0.2) is 60.9 Å². The average Bonchev–Trinajstić information content (AvgIpc) is 3.28. The zero-order valence-electron chi connectivity index (χ0n) is 13.4. The van der Waals surface area contributed by atoms with Gasteiger partial charge in [-0.15, -0.1) is 0 Å². The number of carbonyl (C=O) groups is 2. The van der Waals surface area contributed by atoms with E-state index in [1.54, 1.807) is 0 Å². The molecule has 1 amide bonds. The zero-order chi connectivity index (χ0) is 16.0. The lowest BCUT2D eigenvalue weighted by molar-refractivity contribution is -0.154. The largest absolute Gasteiger partial charge is 0.465 e. The Kier molecular flexibility index (Phi) is 3.69. The molecule has 4 rings (SSSR count). The van der Waals surface area contributed by atoms with Crippen LogP contribution in [0.25, 0.3) is 0 Å². The maximum absolute atomic E-state index is 12.9. The van der Waals surface area contributed by atoms with E-state index in [0.717, 1.165) is 25.9 Å². The predicted octanol–water partition coefficient (Wildman–Crippen LogP) is 0.901. The van der Waals surface area contributed by atoms with Crippen LogP contribution in [0.15, 0.2) is 12.2 Å². The summed E-state index contributed by atoms with van der Waals surface area (Å²) in [6.45, 7) is 4.22. The molecule has 4 aliphatic heterocycles. The van der Waals surface area contributed by atoms with E-state index >= 15 is 0 Å². The molecule has 0 unspecified atom stereocenters. The van der Waals surface area contributed by atoms with Crippen molar-refractivity contribution in [2.24, 2.45) is 11.8 Å². The summed E-state index contributed by atoms with van der Waals surface area (Å²) in [4.78, 5) is 27.1. The fourth-order valence-corrected chi connectivity index (χ4v) is 4.33. The van der Waals surface area contributed by atoms with Gasteiger partial charge in [-0.05, 0) is 19.3 Å². The second-order valence-electron chi connectivity index (χ2n) is 6.92. The Balaban J connectivity index is 1.52. The first kappa shape index (κ1) is 15.1. The molecule has 0 aromatic rings. The van der Waals surface area contributed by atoms with Crippen molar-refractivity contribution in [3.05, 3.63) is 12.2 Å². The van der Waals surface area contributed by atoms with Crippen LogP contribution in [0.5, 0.6) is 0 Å². The maximum Gasteiger partial charge on any atom is 0.312 e. The van der Waals surface area contributed by atoms with Crippen LogP contribution in [0.4, 0.5) is 0 Å². The fraction of sp³-hybridized carbons (Fsp3) is 0.765. The first-order chi connectivity index (χ1) is 11.1. The Morgan fingerprint density at radius 1 is 1.52 bits per heavy atom. The summed E-state index contributed by atoms with van der Waals surface area (Å²) in [6, 6.07) is 0. The average molecular weight is 321 g/mol. The molecule has 6 heteroatoms. The van der Waals surface area contributed by atoms with E-state index in [1.165, 1.54) is 0 Å². The number of ether oxygens (including phenoxy) is 3. The second kappa shape index (κ2) is 5.60. The first-order valence-corrected chi connectivity index (χ1v) is 8.59. The molecule has 0 aliphatic carbocycles. The molecule has 23 heavy (non-hydrogen) atoms. The van der Waals surface area contributed by atoms with Crippen molar-refractivity contribution in [1.29, 1.82) is 0 Å². The van der Waals surface area contributed by atoms with E-state index in [9.17, 15) is 9.59 Å². The molecule has 4 aliphatic rings. The highest BCUT2D eigenvalue weighted by atomic mass is 16.6. The Morgan fingerprint density at radius 3 is 3.13 bits per heavy atom. The number of hydrogen-bond acceptors (Lipinski definition) is 5. The van der Waals surface area contributed by atoms with Crippen molar-refractivity contribution in [3.63, 3.8) is 0 Å². The van der Waals surface area contributed by atoms with Gasteiger partial charge in [0.05, 0.1) is 31.3 Å². The lowest BCUT2D eigenvalue weighted by Crippen LogP contribution is -2.40. The molecule has 3 saturated heterocycles. The quantitative estimate of drug-likeness (QED) is 0.556. The molecular formula is C17H23NO5. The summed E-state index contributed by atoms with van der Waals surface area (Å²) in [7, 11) is 0. The van der Waals surface area contributed by atoms with E-state index in [1.807, 2.05) is 24.0 Å². The van der Waals surface area contributed by atoms with Gasteiger partial charge in [-0.3, -0.25) is 9.59 Å². The van der Waals surface area contributed by atoms with Crippen LogP contribution in [0.3, 0.4) is 0 Å². The lowest BCUT2D eigenvalue weighted by atomic mass is 9.77. The molecule has 5 atom stereocenters. The number of likely N-dealkylation sites (tertiary alicyclic amines) is 1. The third-order valence-electron chi connectivity index (χ3n) is 5.35. The summed E-state index contributed by atoms with van der Waals surface area (Å²) >= 11 is 0. The number of carbonyl (C=O) groups excluding carboxylic acids is 2. The smallest absolute Gasteiger partial charge is 0.312 e. The number of rotatable bonds is 5. The minimum atomic E-state index is -0.643. The Bertz CT molecular complexity index is 541. The monoisotopic (exact) mass is 321 g/mol. The highest BCUT2D eigenvalue weighted by Crippen LogP contribution is 2.52. The number of esters is 1. The van der Waals surface area contributed by atoms with Gasteiger partial charge < -0.3 is 19.1 Å². The molecule has 4 heterocycles. The van der Waals surface area contributed by atoms with Gasteiger partial charge in [0.25, 0.3) is 0 Å². The predicted molar refractivity (Wildman–Crippen MR) is 80.5 cm³/mol. The van der Waals surface area contributed by atoms with Crippen molar-refractivity contribution in [1.82, 2.24) is 4.90 Å². The van der Waals surface area contributed by atoms with E-state index in [0.29, 0.717) is 19.7 Å². The number of hydrogen-bond donors (Lipinski definition) is 0.